The molecule has 0 aliphatic heterocycles. The fourth-order valence-electron chi connectivity index (χ4n) is 3.03. The Morgan fingerprint density at radius 3 is 2.07 bits per heavy atom. The quantitative estimate of drug-likeness (QED) is 0.543. The van der Waals surface area contributed by atoms with Gasteiger partial charge in [-0.05, 0) is 46.1 Å². The summed E-state index contributed by atoms with van der Waals surface area (Å²) in [6, 6.07) is 12.3. The highest BCUT2D eigenvalue weighted by Crippen LogP contribution is 2.32. The Morgan fingerprint density at radius 1 is 0.926 bits per heavy atom. The van der Waals surface area contributed by atoms with Crippen molar-refractivity contribution >= 4 is 6.29 Å². The summed E-state index contributed by atoms with van der Waals surface area (Å²) in [7, 11) is 0. The molecule has 0 bridgehead atoms. The van der Waals surface area contributed by atoms with Gasteiger partial charge in [0, 0.05) is 0 Å². The van der Waals surface area contributed by atoms with E-state index in [4.69, 9.17) is 4.74 Å². The van der Waals surface area contributed by atoms with Crippen LogP contribution in [0.5, 0.6) is 5.75 Å². The molecule has 0 N–H and O–H groups in total. The van der Waals surface area contributed by atoms with Gasteiger partial charge < -0.3 is 4.74 Å². The van der Waals surface area contributed by atoms with Gasteiger partial charge in [-0.2, -0.15) is 0 Å². The molecule has 0 radical (unpaired) electrons. The third-order valence-electron chi connectivity index (χ3n) is 4.52. The molecule has 0 unspecified atom stereocenters. The molecule has 2 aromatic rings. The lowest BCUT2D eigenvalue weighted by Gasteiger charge is -2.27. The molecular weight excluding hydrogens is 332 g/mol. The van der Waals surface area contributed by atoms with Crippen LogP contribution in [0.3, 0.4) is 0 Å². The second-order valence-corrected chi connectivity index (χ2v) is 8.77. The summed E-state index contributed by atoms with van der Waals surface area (Å²) in [6.07, 6.45) is 0.860. The minimum atomic E-state index is 0.0360. The molecule has 148 valence electrons. The molecule has 0 spiro atoms. The van der Waals surface area contributed by atoms with E-state index in [-0.39, 0.29) is 10.8 Å². The van der Waals surface area contributed by atoms with Gasteiger partial charge in [-0.15, -0.1) is 0 Å². The highest BCUT2D eigenvalue weighted by atomic mass is 16.5. The SMILES string of the molecule is CC.Cc1cccc(C=O)c1OCc1cc(C(C)(C)C)ccc1C(C)(C)C. The molecule has 0 fully saturated rings. The van der Waals surface area contributed by atoms with Crippen LogP contribution in [0.4, 0.5) is 0 Å². The molecule has 0 aliphatic rings. The summed E-state index contributed by atoms with van der Waals surface area (Å²) < 4.78 is 6.12. The summed E-state index contributed by atoms with van der Waals surface area (Å²) in [4.78, 5) is 11.3. The Balaban J connectivity index is 0.00000176. The zero-order valence-electron chi connectivity index (χ0n) is 18.6. The standard InChI is InChI=1S/C23H30O2.C2H6/c1-16-9-8-10-17(14-24)21(16)25-15-18-13-19(22(2,3)4)11-12-20(18)23(5,6)7;1-2/h8-14H,15H2,1-7H3;1-2H3. The number of aldehydes is 1. The van der Waals surface area contributed by atoms with E-state index in [1.54, 1.807) is 6.07 Å². The van der Waals surface area contributed by atoms with Crippen molar-refractivity contribution in [2.75, 3.05) is 0 Å². The molecule has 2 rings (SSSR count). The molecule has 0 heterocycles. The van der Waals surface area contributed by atoms with Crippen molar-refractivity contribution in [2.45, 2.75) is 79.8 Å². The van der Waals surface area contributed by atoms with Gasteiger partial charge in [0.25, 0.3) is 0 Å². The zero-order chi connectivity index (χ0) is 20.8. The van der Waals surface area contributed by atoms with Gasteiger partial charge in [0.2, 0.25) is 0 Å². The van der Waals surface area contributed by atoms with E-state index in [0.717, 1.165) is 11.8 Å². The Morgan fingerprint density at radius 2 is 1.56 bits per heavy atom. The van der Waals surface area contributed by atoms with E-state index in [0.29, 0.717) is 17.9 Å². The molecule has 0 atom stereocenters. The van der Waals surface area contributed by atoms with Crippen LogP contribution in [0.15, 0.2) is 36.4 Å². The maximum absolute atomic E-state index is 11.3. The molecule has 27 heavy (non-hydrogen) atoms. The van der Waals surface area contributed by atoms with Crippen molar-refractivity contribution in [3.63, 3.8) is 0 Å². The smallest absolute Gasteiger partial charge is 0.153 e. The van der Waals surface area contributed by atoms with Crippen molar-refractivity contribution in [2.24, 2.45) is 0 Å². The molecule has 2 nitrogen and oxygen atoms in total. The monoisotopic (exact) mass is 368 g/mol. The van der Waals surface area contributed by atoms with Crippen molar-refractivity contribution in [3.05, 3.63) is 64.2 Å². The minimum Gasteiger partial charge on any atom is -0.488 e. The molecule has 0 aliphatic carbocycles. The van der Waals surface area contributed by atoms with Gasteiger partial charge in [-0.25, -0.2) is 0 Å². The van der Waals surface area contributed by atoms with Gasteiger partial charge in [-0.3, -0.25) is 4.79 Å². The molecule has 0 saturated carbocycles. The number of hydrogen-bond donors (Lipinski definition) is 0. The first-order valence-corrected chi connectivity index (χ1v) is 9.85. The fourth-order valence-corrected chi connectivity index (χ4v) is 3.03. The highest BCUT2D eigenvalue weighted by molar-refractivity contribution is 5.80. The Hall–Kier alpha value is -2.09. The Labute approximate surface area is 166 Å². The fraction of sp³-hybridized carbons (Fsp3) is 0.480. The number of carbonyl (C=O) groups is 1. The number of ether oxygens (including phenoxy) is 1. The lowest BCUT2D eigenvalue weighted by Crippen LogP contribution is -2.18. The first kappa shape index (κ1) is 23.0. The van der Waals surface area contributed by atoms with Crippen LogP contribution in [0.25, 0.3) is 0 Å². The van der Waals surface area contributed by atoms with Crippen LogP contribution in [-0.4, -0.2) is 6.29 Å². The lowest BCUT2D eigenvalue weighted by atomic mass is 9.79. The summed E-state index contributed by atoms with van der Waals surface area (Å²) in [5.74, 6) is 0.679. The number of carbonyl (C=O) groups excluding carboxylic acids is 1. The van der Waals surface area contributed by atoms with Crippen LogP contribution in [-0.2, 0) is 17.4 Å². The predicted octanol–water partition coefficient (Wildman–Crippen LogP) is 7.01. The van der Waals surface area contributed by atoms with E-state index < -0.39 is 0 Å². The summed E-state index contributed by atoms with van der Waals surface area (Å²) in [5, 5.41) is 0. The van der Waals surface area contributed by atoms with Gasteiger partial charge in [0.05, 0.1) is 5.56 Å². The van der Waals surface area contributed by atoms with E-state index in [1.807, 2.05) is 32.9 Å². The van der Waals surface area contributed by atoms with Crippen LogP contribution in [0, 0.1) is 6.92 Å². The molecule has 0 amide bonds. The average Bonchev–Trinajstić information content (AvgIpc) is 2.60. The van der Waals surface area contributed by atoms with E-state index in [9.17, 15) is 4.79 Å². The molecule has 2 heteroatoms. The lowest BCUT2D eigenvalue weighted by molar-refractivity contribution is 0.111. The Bertz CT molecular complexity index is 759. The van der Waals surface area contributed by atoms with Crippen LogP contribution < -0.4 is 4.74 Å². The second-order valence-electron chi connectivity index (χ2n) is 8.77. The van der Waals surface area contributed by atoms with Crippen molar-refractivity contribution in [1.29, 1.82) is 0 Å². The third-order valence-corrected chi connectivity index (χ3v) is 4.52. The van der Waals surface area contributed by atoms with E-state index >= 15 is 0 Å². The normalized spacial score (nSPS) is 11.4. The topological polar surface area (TPSA) is 26.3 Å². The predicted molar refractivity (Wildman–Crippen MR) is 116 cm³/mol. The average molecular weight is 369 g/mol. The van der Waals surface area contributed by atoms with Crippen molar-refractivity contribution in [1.82, 2.24) is 0 Å². The van der Waals surface area contributed by atoms with Crippen LogP contribution in [0.2, 0.25) is 0 Å². The molecule has 0 saturated heterocycles. The molecule has 0 aromatic heterocycles. The summed E-state index contributed by atoms with van der Waals surface area (Å²) in [5.41, 5.74) is 5.45. The summed E-state index contributed by atoms with van der Waals surface area (Å²) in [6.45, 7) is 19.7. The number of aryl methyl sites for hydroxylation is 1. The molecule has 2 aromatic carbocycles. The second kappa shape index (κ2) is 9.21. The van der Waals surface area contributed by atoms with Gasteiger partial charge in [-0.1, -0.05) is 85.7 Å². The number of hydrogen-bond acceptors (Lipinski definition) is 2. The third kappa shape index (κ3) is 5.95. The minimum absolute atomic E-state index is 0.0360. The zero-order valence-corrected chi connectivity index (χ0v) is 18.6. The largest absolute Gasteiger partial charge is 0.488 e. The molecular formula is C25H36O2. The Kier molecular flexibility index (Phi) is 7.83. The van der Waals surface area contributed by atoms with Crippen LogP contribution in [0.1, 0.15) is 88.0 Å². The number of rotatable bonds is 4. The number of para-hydroxylation sites is 1. The first-order chi connectivity index (χ1) is 12.5. The maximum atomic E-state index is 11.3. The highest BCUT2D eigenvalue weighted by Gasteiger charge is 2.22. The van der Waals surface area contributed by atoms with Gasteiger partial charge >= 0.3 is 0 Å². The van der Waals surface area contributed by atoms with E-state index in [2.05, 4.69) is 59.7 Å². The first-order valence-electron chi connectivity index (χ1n) is 9.85. The van der Waals surface area contributed by atoms with Crippen LogP contribution >= 0.6 is 0 Å². The number of benzene rings is 2. The van der Waals surface area contributed by atoms with Crippen molar-refractivity contribution in [3.8, 4) is 5.75 Å². The van der Waals surface area contributed by atoms with Gasteiger partial charge in [0.1, 0.15) is 12.4 Å². The van der Waals surface area contributed by atoms with Gasteiger partial charge in [0.15, 0.2) is 6.29 Å². The summed E-state index contributed by atoms with van der Waals surface area (Å²) >= 11 is 0. The maximum Gasteiger partial charge on any atom is 0.153 e. The van der Waals surface area contributed by atoms with Crippen molar-refractivity contribution < 1.29 is 9.53 Å². The van der Waals surface area contributed by atoms with E-state index in [1.165, 1.54) is 16.7 Å².